The van der Waals surface area contributed by atoms with Crippen molar-refractivity contribution in [3.8, 4) is 0 Å². The third-order valence-corrected chi connectivity index (χ3v) is 3.76. The molecule has 0 rings (SSSR count). The number of unbranched alkanes of at least 4 members (excludes halogenated alkanes) is 3. The van der Waals surface area contributed by atoms with Crippen molar-refractivity contribution < 1.29 is 19.1 Å². The Morgan fingerprint density at radius 1 is 1.27 bits per heavy atom. The number of hydrogen-bond acceptors (Lipinski definition) is 4. The molecule has 1 N–H and O–H groups in total. The maximum atomic E-state index is 11.7. The number of methoxy groups -OCH3 is 1. The highest BCUT2D eigenvalue weighted by Gasteiger charge is 2.16. The van der Waals surface area contributed by atoms with Crippen LogP contribution in [-0.2, 0) is 19.1 Å². The molecule has 0 radical (unpaired) electrons. The van der Waals surface area contributed by atoms with Gasteiger partial charge in [-0.2, -0.15) is 0 Å². The van der Waals surface area contributed by atoms with Gasteiger partial charge in [0.1, 0.15) is 6.29 Å². The van der Waals surface area contributed by atoms with Crippen molar-refractivity contribution in [3.05, 3.63) is 0 Å². The minimum atomic E-state index is -0.166. The van der Waals surface area contributed by atoms with Gasteiger partial charge in [-0.05, 0) is 46.5 Å². The molecule has 0 aliphatic heterocycles. The third kappa shape index (κ3) is 12.8. The molecule has 0 aliphatic carbocycles. The van der Waals surface area contributed by atoms with Gasteiger partial charge in [0.15, 0.2) is 0 Å². The summed E-state index contributed by atoms with van der Waals surface area (Å²) in [5, 5.41) is 2.90. The maximum Gasteiger partial charge on any atom is 0.220 e. The highest BCUT2D eigenvalue weighted by Crippen LogP contribution is 2.13. The average Bonchev–Trinajstić information content (AvgIpc) is 2.48. The summed E-state index contributed by atoms with van der Waals surface area (Å²) in [6, 6.07) is 0. The first-order valence-electron chi connectivity index (χ1n) is 8.28. The van der Waals surface area contributed by atoms with Crippen LogP contribution in [0.3, 0.4) is 0 Å². The molecule has 1 atom stereocenters. The molecule has 0 aliphatic rings. The number of amides is 1. The summed E-state index contributed by atoms with van der Waals surface area (Å²) < 4.78 is 11.0. The summed E-state index contributed by atoms with van der Waals surface area (Å²) in [4.78, 5) is 21.8. The molecule has 1 amide bonds. The molecule has 5 nitrogen and oxygen atoms in total. The Balaban J connectivity index is 3.54. The number of nitrogens with one attached hydrogen (secondary N) is 1. The fraction of sp³-hybridized carbons (Fsp3) is 0.882. The molecule has 0 fully saturated rings. The van der Waals surface area contributed by atoms with Crippen molar-refractivity contribution in [2.75, 3.05) is 20.3 Å². The second-order valence-electron chi connectivity index (χ2n) is 6.30. The van der Waals surface area contributed by atoms with Crippen LogP contribution in [0, 0.1) is 0 Å². The lowest BCUT2D eigenvalue weighted by Crippen LogP contribution is -2.27. The van der Waals surface area contributed by atoms with E-state index in [1.807, 2.05) is 20.8 Å². The van der Waals surface area contributed by atoms with Crippen molar-refractivity contribution in [2.24, 2.45) is 0 Å². The molecule has 1 unspecified atom stereocenters. The van der Waals surface area contributed by atoms with Crippen LogP contribution < -0.4 is 5.32 Å². The molecule has 5 heteroatoms. The van der Waals surface area contributed by atoms with Crippen molar-refractivity contribution in [3.63, 3.8) is 0 Å². The van der Waals surface area contributed by atoms with E-state index in [4.69, 9.17) is 9.47 Å². The van der Waals surface area contributed by atoms with Gasteiger partial charge in [-0.3, -0.25) is 4.79 Å². The van der Waals surface area contributed by atoms with Crippen LogP contribution in [0.2, 0.25) is 0 Å². The van der Waals surface area contributed by atoms with Crippen LogP contribution in [0.1, 0.15) is 65.7 Å². The van der Waals surface area contributed by atoms with Gasteiger partial charge >= 0.3 is 0 Å². The summed E-state index contributed by atoms with van der Waals surface area (Å²) in [5.41, 5.74) is -0.166. The zero-order valence-electron chi connectivity index (χ0n) is 14.7. The number of hydrogen-bond donors (Lipinski definition) is 1. The van der Waals surface area contributed by atoms with E-state index >= 15 is 0 Å². The van der Waals surface area contributed by atoms with Crippen LogP contribution in [0.15, 0.2) is 0 Å². The SMILES string of the molecule is COC(C)(C)CCOC(C)CCC(=O)NCCCCCC=O. The molecule has 0 aromatic heterocycles. The van der Waals surface area contributed by atoms with Crippen LogP contribution in [0.5, 0.6) is 0 Å². The second-order valence-corrected chi connectivity index (χ2v) is 6.30. The topological polar surface area (TPSA) is 64.6 Å². The largest absolute Gasteiger partial charge is 0.379 e. The van der Waals surface area contributed by atoms with Gasteiger partial charge in [0.05, 0.1) is 11.7 Å². The van der Waals surface area contributed by atoms with Gasteiger partial charge in [-0.25, -0.2) is 0 Å². The van der Waals surface area contributed by atoms with Crippen molar-refractivity contribution in [2.45, 2.75) is 77.4 Å². The number of ether oxygens (including phenoxy) is 2. The highest BCUT2D eigenvalue weighted by molar-refractivity contribution is 5.75. The molecule has 0 aromatic rings. The van der Waals surface area contributed by atoms with Crippen LogP contribution in [0.4, 0.5) is 0 Å². The minimum Gasteiger partial charge on any atom is -0.379 e. The number of rotatable bonds is 14. The maximum absolute atomic E-state index is 11.7. The van der Waals surface area contributed by atoms with Gasteiger partial charge < -0.3 is 19.6 Å². The summed E-state index contributed by atoms with van der Waals surface area (Å²) in [6.07, 6.45) is 6.49. The fourth-order valence-corrected chi connectivity index (χ4v) is 1.87. The molecule has 130 valence electrons. The van der Waals surface area contributed by atoms with Crippen molar-refractivity contribution >= 4 is 12.2 Å². The van der Waals surface area contributed by atoms with E-state index in [-0.39, 0.29) is 17.6 Å². The molecule has 0 bridgehead atoms. The average molecular weight is 315 g/mol. The van der Waals surface area contributed by atoms with Gasteiger partial charge in [-0.1, -0.05) is 6.42 Å². The van der Waals surface area contributed by atoms with E-state index in [0.717, 1.165) is 38.4 Å². The standard InChI is InChI=1S/C17H33NO4/c1-15(22-14-11-17(2,3)21-4)9-10-16(20)18-12-7-5-6-8-13-19/h13,15H,5-12,14H2,1-4H3,(H,18,20). The van der Waals surface area contributed by atoms with E-state index in [1.54, 1.807) is 7.11 Å². The molecular formula is C17H33NO4. The first-order valence-corrected chi connectivity index (χ1v) is 8.28. The smallest absolute Gasteiger partial charge is 0.220 e. The number of aldehydes is 1. The van der Waals surface area contributed by atoms with E-state index in [9.17, 15) is 9.59 Å². The van der Waals surface area contributed by atoms with E-state index in [1.165, 1.54) is 0 Å². The molecule has 0 saturated carbocycles. The molecule has 22 heavy (non-hydrogen) atoms. The third-order valence-electron chi connectivity index (χ3n) is 3.76. The van der Waals surface area contributed by atoms with Gasteiger partial charge in [0, 0.05) is 33.1 Å². The van der Waals surface area contributed by atoms with Gasteiger partial charge in [-0.15, -0.1) is 0 Å². The first-order chi connectivity index (χ1) is 10.4. The quantitative estimate of drug-likeness (QED) is 0.395. The van der Waals surface area contributed by atoms with E-state index < -0.39 is 0 Å². The monoisotopic (exact) mass is 315 g/mol. The Morgan fingerprint density at radius 3 is 2.64 bits per heavy atom. The predicted octanol–water partition coefficient (Wildman–Crippen LogP) is 2.86. The van der Waals surface area contributed by atoms with Gasteiger partial charge in [0.2, 0.25) is 5.91 Å². The van der Waals surface area contributed by atoms with Crippen LogP contribution in [0.25, 0.3) is 0 Å². The Bertz CT molecular complexity index is 305. The highest BCUT2D eigenvalue weighted by atomic mass is 16.5. The lowest BCUT2D eigenvalue weighted by molar-refractivity contribution is -0.122. The molecule has 0 heterocycles. The molecule has 0 aromatic carbocycles. The summed E-state index contributed by atoms with van der Waals surface area (Å²) in [5.74, 6) is 0.0723. The molecule has 0 saturated heterocycles. The fourth-order valence-electron chi connectivity index (χ4n) is 1.87. The van der Waals surface area contributed by atoms with Crippen LogP contribution >= 0.6 is 0 Å². The first kappa shape index (κ1) is 21.1. The van der Waals surface area contributed by atoms with Crippen molar-refractivity contribution in [1.29, 1.82) is 0 Å². The molecular weight excluding hydrogens is 282 g/mol. The van der Waals surface area contributed by atoms with Crippen molar-refractivity contribution in [1.82, 2.24) is 5.32 Å². The van der Waals surface area contributed by atoms with Gasteiger partial charge in [0.25, 0.3) is 0 Å². The van der Waals surface area contributed by atoms with Crippen LogP contribution in [-0.4, -0.2) is 44.2 Å². The molecule has 0 spiro atoms. The Kier molecular flexibility index (Phi) is 12.1. The summed E-state index contributed by atoms with van der Waals surface area (Å²) in [6.45, 7) is 7.38. The predicted molar refractivity (Wildman–Crippen MR) is 87.9 cm³/mol. The Morgan fingerprint density at radius 2 is 2.00 bits per heavy atom. The second kappa shape index (κ2) is 12.6. The Labute approximate surface area is 135 Å². The zero-order chi connectivity index (χ0) is 16.8. The summed E-state index contributed by atoms with van der Waals surface area (Å²) >= 11 is 0. The normalized spacial score (nSPS) is 12.9. The minimum absolute atomic E-state index is 0.0723. The lowest BCUT2D eigenvalue weighted by Gasteiger charge is -2.23. The lowest BCUT2D eigenvalue weighted by atomic mass is 10.1. The van der Waals surface area contributed by atoms with E-state index in [0.29, 0.717) is 26.0 Å². The number of carbonyl (C=O) groups excluding carboxylic acids is 2. The Hall–Kier alpha value is -0.940. The zero-order valence-corrected chi connectivity index (χ0v) is 14.7. The number of carbonyl (C=O) groups is 2. The van der Waals surface area contributed by atoms with E-state index in [2.05, 4.69) is 5.32 Å². The summed E-state index contributed by atoms with van der Waals surface area (Å²) in [7, 11) is 1.70.